The zero-order valence-corrected chi connectivity index (χ0v) is 16.5. The largest absolute Gasteiger partial charge is 0.377 e. The first-order valence-corrected chi connectivity index (χ1v) is 8.90. The molecule has 1 aliphatic carbocycles. The van der Waals surface area contributed by atoms with Crippen LogP contribution >= 0.6 is 24.8 Å². The van der Waals surface area contributed by atoms with Crippen molar-refractivity contribution in [3.05, 3.63) is 35.9 Å². The summed E-state index contributed by atoms with van der Waals surface area (Å²) in [6.07, 6.45) is 3.00. The minimum atomic E-state index is -1.30. The van der Waals surface area contributed by atoms with Gasteiger partial charge in [0.15, 0.2) is 11.4 Å². The Labute approximate surface area is 163 Å². The molecule has 2 aliphatic rings. The first kappa shape index (κ1) is 22.4. The number of halogens is 2. The molecule has 4 nitrogen and oxygen atoms in total. The number of hydrogen-bond acceptors (Lipinski definition) is 4. The number of benzene rings is 1. The monoisotopic (exact) mass is 388 g/mol. The average molecular weight is 389 g/mol. The molecule has 1 atom stereocenters. The topological polar surface area (TPSA) is 43.8 Å². The molecule has 0 bridgehead atoms. The predicted molar refractivity (Wildman–Crippen MR) is 106 cm³/mol. The molecule has 0 spiro atoms. The molecule has 2 fully saturated rings. The number of nitrogens with zero attached hydrogens (tertiary/aromatic N) is 2. The van der Waals surface area contributed by atoms with E-state index >= 15 is 0 Å². The number of hydrogen-bond donors (Lipinski definition) is 1. The molecular formula is C19H30Cl2N2O2. The van der Waals surface area contributed by atoms with E-state index in [9.17, 15) is 9.90 Å². The Kier molecular flexibility index (Phi) is 8.85. The Hall–Kier alpha value is -0.650. The molecule has 1 saturated heterocycles. The van der Waals surface area contributed by atoms with Crippen LogP contribution in [0.25, 0.3) is 0 Å². The highest BCUT2D eigenvalue weighted by atomic mass is 35.5. The standard InChI is InChI=1S/C19H28N2O2.2ClH/c1-2-20-11-13-21(14-12-20)15-18(22)19(23,17-9-6-10-17)16-7-4-3-5-8-16;;/h3-5,7-8,17,23H,2,6,9-15H2,1H3;2*1H. The van der Waals surface area contributed by atoms with Gasteiger partial charge in [0.1, 0.15) is 0 Å². The second kappa shape index (κ2) is 9.89. The summed E-state index contributed by atoms with van der Waals surface area (Å²) in [6.45, 7) is 7.45. The lowest BCUT2D eigenvalue weighted by molar-refractivity contribution is -0.151. The zero-order valence-electron chi connectivity index (χ0n) is 14.9. The van der Waals surface area contributed by atoms with Crippen molar-refractivity contribution in [2.45, 2.75) is 31.8 Å². The van der Waals surface area contributed by atoms with Crippen molar-refractivity contribution in [1.82, 2.24) is 9.80 Å². The number of rotatable bonds is 6. The van der Waals surface area contributed by atoms with Crippen molar-refractivity contribution < 1.29 is 9.90 Å². The smallest absolute Gasteiger partial charge is 0.183 e. The van der Waals surface area contributed by atoms with E-state index < -0.39 is 5.60 Å². The predicted octanol–water partition coefficient (Wildman–Crippen LogP) is 2.72. The average Bonchev–Trinajstić information content (AvgIpc) is 2.54. The highest BCUT2D eigenvalue weighted by Gasteiger charge is 2.47. The van der Waals surface area contributed by atoms with E-state index in [4.69, 9.17) is 0 Å². The molecule has 3 rings (SSSR count). The van der Waals surface area contributed by atoms with Gasteiger partial charge in [0.2, 0.25) is 0 Å². The van der Waals surface area contributed by atoms with Crippen molar-refractivity contribution in [3.8, 4) is 0 Å². The molecule has 1 aromatic rings. The van der Waals surface area contributed by atoms with Crippen LogP contribution in [0.3, 0.4) is 0 Å². The van der Waals surface area contributed by atoms with Crippen molar-refractivity contribution >= 4 is 30.6 Å². The lowest BCUT2D eigenvalue weighted by atomic mass is 9.67. The molecular weight excluding hydrogens is 359 g/mol. The Morgan fingerprint density at radius 2 is 1.64 bits per heavy atom. The van der Waals surface area contributed by atoms with Gasteiger partial charge in [-0.2, -0.15) is 0 Å². The van der Waals surface area contributed by atoms with Gasteiger partial charge in [-0.25, -0.2) is 0 Å². The molecule has 6 heteroatoms. The highest BCUT2D eigenvalue weighted by Crippen LogP contribution is 2.43. The van der Waals surface area contributed by atoms with Gasteiger partial charge in [-0.15, -0.1) is 24.8 Å². The molecule has 1 aliphatic heterocycles. The number of aliphatic hydroxyl groups is 1. The van der Waals surface area contributed by atoms with Crippen molar-refractivity contribution in [3.63, 3.8) is 0 Å². The minimum Gasteiger partial charge on any atom is -0.377 e. The quantitative estimate of drug-likeness (QED) is 0.813. The highest BCUT2D eigenvalue weighted by molar-refractivity contribution is 5.90. The van der Waals surface area contributed by atoms with E-state index in [1.165, 1.54) is 0 Å². The Morgan fingerprint density at radius 3 is 2.12 bits per heavy atom. The maximum atomic E-state index is 13.0. The Balaban J connectivity index is 0.00000156. The summed E-state index contributed by atoms with van der Waals surface area (Å²) in [7, 11) is 0. The van der Waals surface area contributed by atoms with E-state index in [1.54, 1.807) is 0 Å². The van der Waals surface area contributed by atoms with Crippen LogP contribution in [0.1, 0.15) is 31.7 Å². The molecule has 0 amide bonds. The summed E-state index contributed by atoms with van der Waals surface area (Å²) in [5, 5.41) is 11.3. The third-order valence-electron chi connectivity index (χ3n) is 5.61. The molecule has 1 heterocycles. The molecule has 25 heavy (non-hydrogen) atoms. The van der Waals surface area contributed by atoms with Gasteiger partial charge in [-0.3, -0.25) is 9.69 Å². The molecule has 0 aromatic heterocycles. The normalized spacial score (nSPS) is 21.4. The second-order valence-corrected chi connectivity index (χ2v) is 6.89. The number of Topliss-reactive ketones (excluding diaryl/α,β-unsaturated/α-hetero) is 1. The van der Waals surface area contributed by atoms with Crippen LogP contribution in [0.4, 0.5) is 0 Å². The molecule has 1 saturated carbocycles. The molecule has 1 unspecified atom stereocenters. The maximum Gasteiger partial charge on any atom is 0.183 e. The summed E-state index contributed by atoms with van der Waals surface area (Å²) in [6, 6.07) is 9.54. The molecule has 0 radical (unpaired) electrons. The van der Waals surface area contributed by atoms with Crippen LogP contribution in [0.2, 0.25) is 0 Å². The molecule has 1 aromatic carbocycles. The van der Waals surface area contributed by atoms with Crippen molar-refractivity contribution in [2.24, 2.45) is 5.92 Å². The third kappa shape index (κ3) is 4.75. The fourth-order valence-electron chi connectivity index (χ4n) is 3.73. The minimum absolute atomic E-state index is 0. The SMILES string of the molecule is CCN1CCN(CC(=O)C(O)(c2ccccc2)C2CCC2)CC1.Cl.Cl. The lowest BCUT2D eigenvalue weighted by Crippen LogP contribution is -2.53. The summed E-state index contributed by atoms with van der Waals surface area (Å²) < 4.78 is 0. The summed E-state index contributed by atoms with van der Waals surface area (Å²) >= 11 is 0. The molecule has 142 valence electrons. The fraction of sp³-hybridized carbons (Fsp3) is 0.632. The lowest BCUT2D eigenvalue weighted by Gasteiger charge is -2.42. The van der Waals surface area contributed by atoms with Crippen LogP contribution < -0.4 is 0 Å². The van der Waals surface area contributed by atoms with Gasteiger partial charge < -0.3 is 10.0 Å². The summed E-state index contributed by atoms with van der Waals surface area (Å²) in [5.74, 6) is 0.0488. The first-order chi connectivity index (χ1) is 11.1. The van der Waals surface area contributed by atoms with Gasteiger partial charge in [-0.1, -0.05) is 43.7 Å². The van der Waals surface area contributed by atoms with E-state index in [0.29, 0.717) is 6.54 Å². The van der Waals surface area contributed by atoms with Crippen LogP contribution in [-0.4, -0.2) is 60.0 Å². The van der Waals surface area contributed by atoms with Crippen LogP contribution in [0.15, 0.2) is 30.3 Å². The van der Waals surface area contributed by atoms with Gasteiger partial charge in [-0.05, 0) is 30.9 Å². The second-order valence-electron chi connectivity index (χ2n) is 6.89. The van der Waals surface area contributed by atoms with Crippen LogP contribution in [0.5, 0.6) is 0 Å². The number of carbonyl (C=O) groups excluding carboxylic acids is 1. The van der Waals surface area contributed by atoms with Gasteiger partial charge in [0.25, 0.3) is 0 Å². The Morgan fingerprint density at radius 1 is 1.08 bits per heavy atom. The van der Waals surface area contributed by atoms with E-state index in [1.807, 2.05) is 30.3 Å². The fourth-order valence-corrected chi connectivity index (χ4v) is 3.73. The Bertz CT molecular complexity index is 531. The van der Waals surface area contributed by atoms with Crippen LogP contribution in [-0.2, 0) is 10.4 Å². The van der Waals surface area contributed by atoms with Gasteiger partial charge in [0, 0.05) is 26.2 Å². The first-order valence-electron chi connectivity index (χ1n) is 8.90. The van der Waals surface area contributed by atoms with Gasteiger partial charge in [0.05, 0.1) is 6.54 Å². The van der Waals surface area contributed by atoms with E-state index in [2.05, 4.69) is 16.7 Å². The van der Waals surface area contributed by atoms with Crippen molar-refractivity contribution in [2.75, 3.05) is 39.3 Å². The van der Waals surface area contributed by atoms with Gasteiger partial charge >= 0.3 is 0 Å². The number of piperazine rings is 1. The number of ketones is 1. The summed E-state index contributed by atoms with van der Waals surface area (Å²) in [4.78, 5) is 17.6. The van der Waals surface area contributed by atoms with Crippen molar-refractivity contribution in [1.29, 1.82) is 0 Å². The maximum absolute atomic E-state index is 13.0. The van der Waals surface area contributed by atoms with Crippen LogP contribution in [0, 0.1) is 5.92 Å². The molecule has 1 N–H and O–H groups in total. The zero-order chi connectivity index (χ0) is 16.3. The summed E-state index contributed by atoms with van der Waals surface area (Å²) in [5.41, 5.74) is -0.539. The van der Waals surface area contributed by atoms with E-state index in [0.717, 1.165) is 57.5 Å². The van der Waals surface area contributed by atoms with E-state index in [-0.39, 0.29) is 36.5 Å². The number of likely N-dealkylation sites (N-methyl/N-ethyl adjacent to an activating group) is 1. The number of carbonyl (C=O) groups is 1. The third-order valence-corrected chi connectivity index (χ3v) is 5.61.